The number of ether oxygens (including phenoxy) is 1. The Morgan fingerprint density at radius 1 is 1.32 bits per heavy atom. The van der Waals surface area contributed by atoms with Crippen molar-refractivity contribution in [1.82, 2.24) is 19.7 Å². The molecule has 0 bridgehead atoms. The quantitative estimate of drug-likeness (QED) is 0.687. The van der Waals surface area contributed by atoms with Crippen LogP contribution >= 0.6 is 0 Å². The molecule has 1 atom stereocenters. The molecule has 0 spiro atoms. The molecule has 2 aromatic heterocycles. The first-order chi connectivity index (χ1) is 10.7. The first-order valence-electron chi connectivity index (χ1n) is 6.69. The van der Waals surface area contributed by atoms with Crippen LogP contribution in [0.4, 0.5) is 0 Å². The van der Waals surface area contributed by atoms with E-state index in [2.05, 4.69) is 19.9 Å². The molecule has 0 aliphatic heterocycles. The second-order valence-electron chi connectivity index (χ2n) is 4.71. The number of rotatable bonds is 4. The average molecular weight is 298 g/mol. The van der Waals surface area contributed by atoms with Crippen LogP contribution in [0.1, 0.15) is 29.2 Å². The van der Waals surface area contributed by atoms with E-state index in [9.17, 15) is 4.79 Å². The van der Waals surface area contributed by atoms with Crippen molar-refractivity contribution < 1.29 is 14.1 Å². The Kier molecular flexibility index (Phi) is 3.69. The summed E-state index contributed by atoms with van der Waals surface area (Å²) >= 11 is 0. The molecule has 0 radical (unpaired) electrons. The number of imidazole rings is 1. The van der Waals surface area contributed by atoms with Crippen molar-refractivity contribution in [2.24, 2.45) is 0 Å². The third kappa shape index (κ3) is 2.60. The van der Waals surface area contributed by atoms with Gasteiger partial charge in [-0.2, -0.15) is 4.98 Å². The highest BCUT2D eigenvalue weighted by Gasteiger charge is 2.16. The monoisotopic (exact) mass is 298 g/mol. The van der Waals surface area contributed by atoms with Gasteiger partial charge in [0.1, 0.15) is 6.04 Å². The minimum Gasteiger partial charge on any atom is -0.465 e. The van der Waals surface area contributed by atoms with Gasteiger partial charge in [-0.1, -0.05) is 17.3 Å². The minimum atomic E-state index is -0.380. The van der Waals surface area contributed by atoms with Crippen molar-refractivity contribution in [2.75, 3.05) is 7.11 Å². The molecule has 3 aromatic rings. The van der Waals surface area contributed by atoms with E-state index in [0.717, 1.165) is 5.56 Å². The molecule has 1 aromatic carbocycles. The largest absolute Gasteiger partial charge is 0.465 e. The summed E-state index contributed by atoms with van der Waals surface area (Å²) in [6.45, 7) is 1.94. The molecule has 0 aliphatic carbocycles. The van der Waals surface area contributed by atoms with Crippen molar-refractivity contribution in [3.05, 3.63) is 54.4 Å². The lowest BCUT2D eigenvalue weighted by Gasteiger charge is -2.06. The SMILES string of the molecule is COC(=O)c1ccc(-c2noc(C(C)n3ccnc3)n2)cc1. The predicted molar refractivity (Wildman–Crippen MR) is 77.1 cm³/mol. The fourth-order valence-electron chi connectivity index (χ4n) is 2.02. The van der Waals surface area contributed by atoms with Crippen molar-refractivity contribution in [3.8, 4) is 11.4 Å². The summed E-state index contributed by atoms with van der Waals surface area (Å²) in [5.41, 5.74) is 1.24. The molecular formula is C15H14N4O3. The Morgan fingerprint density at radius 3 is 2.73 bits per heavy atom. The first-order valence-corrected chi connectivity index (χ1v) is 6.69. The van der Waals surface area contributed by atoms with Gasteiger partial charge in [-0.15, -0.1) is 0 Å². The summed E-state index contributed by atoms with van der Waals surface area (Å²) in [6, 6.07) is 6.73. The molecule has 2 heterocycles. The number of esters is 1. The lowest BCUT2D eigenvalue weighted by Crippen LogP contribution is -2.04. The summed E-state index contributed by atoms with van der Waals surface area (Å²) in [6.07, 6.45) is 5.22. The van der Waals surface area contributed by atoms with Crippen LogP contribution in [0.25, 0.3) is 11.4 Å². The Morgan fingerprint density at radius 2 is 2.09 bits per heavy atom. The summed E-state index contributed by atoms with van der Waals surface area (Å²) in [5, 5.41) is 3.98. The maximum absolute atomic E-state index is 11.4. The number of benzene rings is 1. The van der Waals surface area contributed by atoms with Crippen molar-refractivity contribution in [1.29, 1.82) is 0 Å². The highest BCUT2D eigenvalue weighted by Crippen LogP contribution is 2.21. The van der Waals surface area contributed by atoms with Gasteiger partial charge in [0.15, 0.2) is 0 Å². The summed E-state index contributed by atoms with van der Waals surface area (Å²) < 4.78 is 11.8. The first kappa shape index (κ1) is 14.0. The number of carbonyl (C=O) groups excluding carboxylic acids is 1. The van der Waals surface area contributed by atoms with Crippen LogP contribution in [-0.2, 0) is 4.74 Å². The highest BCUT2D eigenvalue weighted by molar-refractivity contribution is 5.89. The fourth-order valence-corrected chi connectivity index (χ4v) is 2.02. The van der Waals surface area contributed by atoms with Gasteiger partial charge in [-0.25, -0.2) is 9.78 Å². The molecule has 7 heteroatoms. The number of hydrogen-bond acceptors (Lipinski definition) is 6. The smallest absolute Gasteiger partial charge is 0.337 e. The lowest BCUT2D eigenvalue weighted by molar-refractivity contribution is 0.0601. The number of hydrogen-bond donors (Lipinski definition) is 0. The van der Waals surface area contributed by atoms with E-state index in [1.165, 1.54) is 7.11 Å². The number of aromatic nitrogens is 4. The molecule has 1 unspecified atom stereocenters. The van der Waals surface area contributed by atoms with Gasteiger partial charge in [0.2, 0.25) is 11.7 Å². The maximum Gasteiger partial charge on any atom is 0.337 e. The topological polar surface area (TPSA) is 83.0 Å². The van der Waals surface area contributed by atoms with E-state index < -0.39 is 0 Å². The van der Waals surface area contributed by atoms with E-state index in [4.69, 9.17) is 4.52 Å². The van der Waals surface area contributed by atoms with Gasteiger partial charge >= 0.3 is 5.97 Å². The zero-order valence-corrected chi connectivity index (χ0v) is 12.1. The molecule has 0 aliphatic rings. The average Bonchev–Trinajstić information content (AvgIpc) is 3.25. The molecule has 0 saturated carbocycles. The maximum atomic E-state index is 11.4. The van der Waals surface area contributed by atoms with Crippen LogP contribution in [0.3, 0.4) is 0 Å². The third-order valence-corrected chi connectivity index (χ3v) is 3.34. The van der Waals surface area contributed by atoms with Crippen LogP contribution in [0.5, 0.6) is 0 Å². The van der Waals surface area contributed by atoms with Crippen LogP contribution in [-0.4, -0.2) is 32.8 Å². The Bertz CT molecular complexity index is 762. The van der Waals surface area contributed by atoms with E-state index in [1.807, 2.05) is 17.7 Å². The van der Waals surface area contributed by atoms with E-state index >= 15 is 0 Å². The lowest BCUT2D eigenvalue weighted by atomic mass is 10.1. The predicted octanol–water partition coefficient (Wildman–Crippen LogP) is 2.33. The second-order valence-corrected chi connectivity index (χ2v) is 4.71. The van der Waals surface area contributed by atoms with E-state index in [1.54, 1.807) is 36.8 Å². The number of carbonyl (C=O) groups is 1. The Balaban J connectivity index is 1.83. The normalized spacial score (nSPS) is 12.1. The molecule has 0 N–H and O–H groups in total. The molecule has 0 amide bonds. The summed E-state index contributed by atoms with van der Waals surface area (Å²) in [5.74, 6) is 0.581. The van der Waals surface area contributed by atoms with Gasteiger partial charge in [-0.05, 0) is 19.1 Å². The highest BCUT2D eigenvalue weighted by atomic mass is 16.5. The number of methoxy groups -OCH3 is 1. The minimum absolute atomic E-state index is 0.0990. The summed E-state index contributed by atoms with van der Waals surface area (Å²) in [4.78, 5) is 19.8. The van der Waals surface area contributed by atoms with Gasteiger partial charge in [0.25, 0.3) is 0 Å². The molecule has 0 saturated heterocycles. The van der Waals surface area contributed by atoms with Gasteiger partial charge in [0, 0.05) is 18.0 Å². The van der Waals surface area contributed by atoms with Crippen molar-refractivity contribution >= 4 is 5.97 Å². The standard InChI is InChI=1S/C15H14N4O3/c1-10(19-8-7-16-9-19)14-17-13(18-22-14)11-3-5-12(6-4-11)15(20)21-2/h3-10H,1-2H3. The van der Waals surface area contributed by atoms with Crippen LogP contribution in [0.15, 0.2) is 47.5 Å². The van der Waals surface area contributed by atoms with Crippen molar-refractivity contribution in [2.45, 2.75) is 13.0 Å². The third-order valence-electron chi connectivity index (χ3n) is 3.34. The molecule has 3 rings (SSSR count). The molecule has 7 nitrogen and oxygen atoms in total. The molecule has 22 heavy (non-hydrogen) atoms. The van der Waals surface area contributed by atoms with Gasteiger partial charge < -0.3 is 13.8 Å². The van der Waals surface area contributed by atoms with Crippen LogP contribution < -0.4 is 0 Å². The second kappa shape index (κ2) is 5.80. The van der Waals surface area contributed by atoms with E-state index in [-0.39, 0.29) is 12.0 Å². The zero-order valence-electron chi connectivity index (χ0n) is 12.1. The van der Waals surface area contributed by atoms with Gasteiger partial charge in [0.05, 0.1) is 19.0 Å². The Hall–Kier alpha value is -2.96. The number of nitrogens with zero attached hydrogens (tertiary/aromatic N) is 4. The van der Waals surface area contributed by atoms with Gasteiger partial charge in [-0.3, -0.25) is 0 Å². The Labute approximate surface area is 126 Å². The summed E-state index contributed by atoms with van der Waals surface area (Å²) in [7, 11) is 1.35. The zero-order chi connectivity index (χ0) is 15.5. The molecule has 0 fully saturated rings. The fraction of sp³-hybridized carbons (Fsp3) is 0.200. The van der Waals surface area contributed by atoms with Crippen LogP contribution in [0, 0.1) is 0 Å². The molecule has 112 valence electrons. The molecular weight excluding hydrogens is 284 g/mol. The van der Waals surface area contributed by atoms with Crippen molar-refractivity contribution in [3.63, 3.8) is 0 Å². The van der Waals surface area contributed by atoms with E-state index in [0.29, 0.717) is 17.3 Å². The van der Waals surface area contributed by atoms with Crippen LogP contribution in [0.2, 0.25) is 0 Å².